The van der Waals surface area contributed by atoms with Gasteiger partial charge in [-0.2, -0.15) is 0 Å². The molecule has 0 bridgehead atoms. The van der Waals surface area contributed by atoms with E-state index in [1.165, 1.54) is 38.8 Å². The van der Waals surface area contributed by atoms with E-state index in [0.717, 1.165) is 24.8 Å². The predicted molar refractivity (Wildman–Crippen MR) is 82.0 cm³/mol. The molecule has 1 aliphatic heterocycles. The van der Waals surface area contributed by atoms with Gasteiger partial charge in [-0.3, -0.25) is 4.90 Å². The SMILES string of the molecule is C#CCCCCN1CC(C)(C2CC2)NCC1C(C)C. The zero-order chi connectivity index (χ0) is 13.9. The summed E-state index contributed by atoms with van der Waals surface area (Å²) < 4.78 is 0. The normalized spacial score (nSPS) is 32.5. The average molecular weight is 262 g/mol. The topological polar surface area (TPSA) is 15.3 Å². The van der Waals surface area contributed by atoms with Gasteiger partial charge in [0.05, 0.1) is 0 Å². The summed E-state index contributed by atoms with van der Waals surface area (Å²) in [5.74, 6) is 4.39. The first-order valence-electron chi connectivity index (χ1n) is 7.99. The number of unbranched alkanes of at least 4 members (excludes halogenated alkanes) is 2. The Balaban J connectivity index is 1.90. The molecular formula is C17H30N2. The quantitative estimate of drug-likeness (QED) is 0.585. The second kappa shape index (κ2) is 6.29. The highest BCUT2D eigenvalue weighted by atomic mass is 15.3. The Labute approximate surface area is 119 Å². The molecule has 2 unspecified atom stereocenters. The van der Waals surface area contributed by atoms with Crippen LogP contribution in [0.25, 0.3) is 0 Å². The minimum Gasteiger partial charge on any atom is -0.308 e. The van der Waals surface area contributed by atoms with Gasteiger partial charge in [-0.15, -0.1) is 12.3 Å². The van der Waals surface area contributed by atoms with Crippen LogP contribution in [0.5, 0.6) is 0 Å². The molecule has 0 spiro atoms. The van der Waals surface area contributed by atoms with Crippen LogP contribution in [0.2, 0.25) is 0 Å². The lowest BCUT2D eigenvalue weighted by atomic mass is 9.88. The smallest absolute Gasteiger partial charge is 0.0309 e. The number of hydrogen-bond acceptors (Lipinski definition) is 2. The van der Waals surface area contributed by atoms with E-state index in [4.69, 9.17) is 6.42 Å². The summed E-state index contributed by atoms with van der Waals surface area (Å²) in [6.45, 7) is 10.7. The molecule has 2 fully saturated rings. The second-order valence-corrected chi connectivity index (χ2v) is 7.02. The van der Waals surface area contributed by atoms with Crippen molar-refractivity contribution in [1.82, 2.24) is 10.2 Å². The van der Waals surface area contributed by atoms with Gasteiger partial charge in [0, 0.05) is 31.1 Å². The molecule has 2 nitrogen and oxygen atoms in total. The third kappa shape index (κ3) is 3.74. The summed E-state index contributed by atoms with van der Waals surface area (Å²) in [5.41, 5.74) is 0.359. The Kier molecular flexibility index (Phi) is 4.92. The Morgan fingerprint density at radius 3 is 2.68 bits per heavy atom. The van der Waals surface area contributed by atoms with Crippen LogP contribution in [0, 0.1) is 24.2 Å². The van der Waals surface area contributed by atoms with Crippen molar-refractivity contribution in [2.75, 3.05) is 19.6 Å². The van der Waals surface area contributed by atoms with Gasteiger partial charge in [-0.25, -0.2) is 0 Å². The van der Waals surface area contributed by atoms with Crippen molar-refractivity contribution in [2.24, 2.45) is 11.8 Å². The summed E-state index contributed by atoms with van der Waals surface area (Å²) in [7, 11) is 0. The van der Waals surface area contributed by atoms with Crippen molar-refractivity contribution in [2.45, 2.75) is 64.5 Å². The number of nitrogens with one attached hydrogen (secondary N) is 1. The van der Waals surface area contributed by atoms with Crippen LogP contribution >= 0.6 is 0 Å². The molecule has 1 saturated heterocycles. The molecule has 19 heavy (non-hydrogen) atoms. The van der Waals surface area contributed by atoms with Crippen molar-refractivity contribution in [3.8, 4) is 12.3 Å². The second-order valence-electron chi connectivity index (χ2n) is 7.02. The first kappa shape index (κ1) is 14.9. The van der Waals surface area contributed by atoms with Crippen molar-refractivity contribution in [3.63, 3.8) is 0 Å². The number of piperazine rings is 1. The molecule has 0 aromatic carbocycles. The monoisotopic (exact) mass is 262 g/mol. The fraction of sp³-hybridized carbons (Fsp3) is 0.882. The lowest BCUT2D eigenvalue weighted by molar-refractivity contribution is 0.0513. The molecular weight excluding hydrogens is 232 g/mol. The maximum absolute atomic E-state index is 5.34. The molecule has 0 amide bonds. The lowest BCUT2D eigenvalue weighted by Crippen LogP contribution is -2.65. The maximum atomic E-state index is 5.34. The zero-order valence-electron chi connectivity index (χ0n) is 12.9. The predicted octanol–water partition coefficient (Wildman–Crippen LogP) is 2.89. The third-order valence-corrected chi connectivity index (χ3v) is 4.98. The van der Waals surface area contributed by atoms with Crippen LogP contribution in [0.15, 0.2) is 0 Å². The fourth-order valence-electron chi connectivity index (χ4n) is 3.50. The van der Waals surface area contributed by atoms with Crippen molar-refractivity contribution >= 4 is 0 Å². The number of nitrogens with zero attached hydrogens (tertiary/aromatic N) is 1. The van der Waals surface area contributed by atoms with E-state index in [2.05, 4.69) is 36.9 Å². The highest BCUT2D eigenvalue weighted by Gasteiger charge is 2.46. The lowest BCUT2D eigenvalue weighted by Gasteiger charge is -2.48. The molecule has 2 rings (SSSR count). The van der Waals surface area contributed by atoms with E-state index in [9.17, 15) is 0 Å². The van der Waals surface area contributed by atoms with Crippen LogP contribution in [0.3, 0.4) is 0 Å². The number of terminal acetylenes is 1. The molecule has 0 aromatic rings. The van der Waals surface area contributed by atoms with Gasteiger partial charge >= 0.3 is 0 Å². The first-order valence-corrected chi connectivity index (χ1v) is 7.99. The highest BCUT2D eigenvalue weighted by Crippen LogP contribution is 2.41. The van der Waals surface area contributed by atoms with E-state index in [0.29, 0.717) is 11.6 Å². The summed E-state index contributed by atoms with van der Waals surface area (Å²) in [5, 5.41) is 3.85. The zero-order valence-corrected chi connectivity index (χ0v) is 12.9. The minimum absolute atomic E-state index is 0.359. The molecule has 108 valence electrons. The van der Waals surface area contributed by atoms with Gasteiger partial charge in [-0.1, -0.05) is 13.8 Å². The number of rotatable bonds is 6. The van der Waals surface area contributed by atoms with Gasteiger partial charge in [-0.05, 0) is 51.0 Å². The van der Waals surface area contributed by atoms with E-state index in [1.54, 1.807) is 0 Å². The van der Waals surface area contributed by atoms with Crippen LogP contribution in [0.4, 0.5) is 0 Å². The molecule has 1 heterocycles. The van der Waals surface area contributed by atoms with Gasteiger partial charge in [0.25, 0.3) is 0 Å². The average Bonchev–Trinajstić information content (AvgIpc) is 3.19. The molecule has 1 N–H and O–H groups in total. The van der Waals surface area contributed by atoms with Crippen LogP contribution in [0.1, 0.15) is 52.9 Å². The van der Waals surface area contributed by atoms with Gasteiger partial charge in [0.1, 0.15) is 0 Å². The minimum atomic E-state index is 0.359. The standard InChI is InChI=1S/C17H30N2/c1-5-6-7-8-11-19-13-17(4,15-9-10-15)18-12-16(19)14(2)3/h1,14-16,18H,6-13H2,2-4H3. The molecule has 0 aromatic heterocycles. The van der Waals surface area contributed by atoms with Crippen molar-refractivity contribution in [3.05, 3.63) is 0 Å². The Morgan fingerprint density at radius 2 is 2.11 bits per heavy atom. The maximum Gasteiger partial charge on any atom is 0.0309 e. The van der Waals surface area contributed by atoms with Crippen LogP contribution in [-0.2, 0) is 0 Å². The Bertz CT molecular complexity index is 327. The molecule has 0 radical (unpaired) electrons. The Morgan fingerprint density at radius 1 is 1.37 bits per heavy atom. The summed E-state index contributed by atoms with van der Waals surface area (Å²) in [6, 6.07) is 0.692. The molecule has 2 atom stereocenters. The first-order chi connectivity index (χ1) is 9.07. The molecule has 2 heteroatoms. The van der Waals surface area contributed by atoms with Crippen LogP contribution < -0.4 is 5.32 Å². The summed E-state index contributed by atoms with van der Waals surface area (Å²) >= 11 is 0. The van der Waals surface area contributed by atoms with Gasteiger partial charge < -0.3 is 5.32 Å². The number of hydrogen-bond donors (Lipinski definition) is 1. The van der Waals surface area contributed by atoms with Gasteiger partial charge in [0.2, 0.25) is 0 Å². The molecule has 2 aliphatic rings. The van der Waals surface area contributed by atoms with E-state index in [1.807, 2.05) is 0 Å². The summed E-state index contributed by atoms with van der Waals surface area (Å²) in [4.78, 5) is 2.73. The van der Waals surface area contributed by atoms with E-state index < -0.39 is 0 Å². The molecule has 1 aliphatic carbocycles. The highest BCUT2D eigenvalue weighted by molar-refractivity contribution is 5.04. The molecule has 1 saturated carbocycles. The van der Waals surface area contributed by atoms with Crippen molar-refractivity contribution in [1.29, 1.82) is 0 Å². The van der Waals surface area contributed by atoms with Crippen molar-refractivity contribution < 1.29 is 0 Å². The van der Waals surface area contributed by atoms with E-state index >= 15 is 0 Å². The largest absolute Gasteiger partial charge is 0.308 e. The van der Waals surface area contributed by atoms with Gasteiger partial charge in [0.15, 0.2) is 0 Å². The Hall–Kier alpha value is -0.520. The fourth-order valence-corrected chi connectivity index (χ4v) is 3.50. The van der Waals surface area contributed by atoms with E-state index in [-0.39, 0.29) is 0 Å². The van der Waals surface area contributed by atoms with Crippen LogP contribution in [-0.4, -0.2) is 36.1 Å². The third-order valence-electron chi connectivity index (χ3n) is 4.98. The summed E-state index contributed by atoms with van der Waals surface area (Å²) in [6.07, 6.45) is 11.5.